The van der Waals surface area contributed by atoms with Crippen LogP contribution in [0.1, 0.15) is 29.8 Å². The molecule has 2 N–H and O–H groups in total. The van der Waals surface area contributed by atoms with Gasteiger partial charge < -0.3 is 5.73 Å². The molecule has 0 spiro atoms. The molecule has 1 amide bonds. The maximum Gasteiger partial charge on any atom is 0.248 e. The Kier molecular flexibility index (Phi) is 3.61. The van der Waals surface area contributed by atoms with Crippen LogP contribution in [0.25, 0.3) is 0 Å². The summed E-state index contributed by atoms with van der Waals surface area (Å²) in [6.07, 6.45) is 0.413. The van der Waals surface area contributed by atoms with Gasteiger partial charge in [-0.05, 0) is 17.7 Å². The van der Waals surface area contributed by atoms with Gasteiger partial charge in [-0.25, -0.2) is 0 Å². The fraction of sp³-hybridized carbons (Fsp3) is 0.333. The number of primary amides is 1. The van der Waals surface area contributed by atoms with E-state index in [2.05, 4.69) is 0 Å². The number of Topliss-reactive ketones (excluding diaryl/α,β-unsaturated/α-hetero) is 1. The minimum absolute atomic E-state index is 0.0424. The number of amides is 1. The molecule has 0 unspecified atom stereocenters. The number of carbonyl (C=O) groups is 2. The monoisotopic (exact) mass is 205 g/mol. The Morgan fingerprint density at radius 1 is 1.20 bits per heavy atom. The Morgan fingerprint density at radius 2 is 1.73 bits per heavy atom. The standard InChI is InChI=1S/C12H15NO2/c1-8(2)11(14)7-9-3-5-10(6-4-9)12(13)15/h3-6,8H,7H2,1-2H3,(H2,13,15). The van der Waals surface area contributed by atoms with Crippen molar-refractivity contribution in [2.45, 2.75) is 20.3 Å². The second-order valence-electron chi connectivity index (χ2n) is 3.86. The van der Waals surface area contributed by atoms with Gasteiger partial charge in [0.1, 0.15) is 5.78 Å². The van der Waals surface area contributed by atoms with Gasteiger partial charge in [0, 0.05) is 17.9 Å². The van der Waals surface area contributed by atoms with Crippen LogP contribution in [0.4, 0.5) is 0 Å². The average molecular weight is 205 g/mol. The van der Waals surface area contributed by atoms with Crippen molar-refractivity contribution in [3.8, 4) is 0 Å². The number of hydrogen-bond donors (Lipinski definition) is 1. The van der Waals surface area contributed by atoms with Gasteiger partial charge in [0.25, 0.3) is 0 Å². The third kappa shape index (κ3) is 3.20. The molecule has 0 aliphatic heterocycles. The molecule has 1 aromatic carbocycles. The lowest BCUT2D eigenvalue weighted by Gasteiger charge is -2.04. The highest BCUT2D eigenvalue weighted by atomic mass is 16.1. The van der Waals surface area contributed by atoms with Gasteiger partial charge in [-0.1, -0.05) is 26.0 Å². The maximum absolute atomic E-state index is 11.4. The van der Waals surface area contributed by atoms with Crippen molar-refractivity contribution in [1.29, 1.82) is 0 Å². The van der Waals surface area contributed by atoms with Crippen LogP contribution in [-0.4, -0.2) is 11.7 Å². The lowest BCUT2D eigenvalue weighted by atomic mass is 10.0. The third-order valence-corrected chi connectivity index (χ3v) is 2.26. The molecule has 0 heterocycles. The van der Waals surface area contributed by atoms with Crippen molar-refractivity contribution in [3.05, 3.63) is 35.4 Å². The predicted molar refractivity (Wildman–Crippen MR) is 58.5 cm³/mol. The fourth-order valence-electron chi connectivity index (χ4n) is 1.19. The smallest absolute Gasteiger partial charge is 0.248 e. The predicted octanol–water partition coefficient (Wildman–Crippen LogP) is 1.55. The maximum atomic E-state index is 11.4. The summed E-state index contributed by atoms with van der Waals surface area (Å²) in [6.45, 7) is 3.75. The first-order chi connectivity index (χ1) is 7.00. The first kappa shape index (κ1) is 11.4. The summed E-state index contributed by atoms with van der Waals surface area (Å²) in [7, 11) is 0. The Hall–Kier alpha value is -1.64. The van der Waals surface area contributed by atoms with Crippen molar-refractivity contribution >= 4 is 11.7 Å². The highest BCUT2D eigenvalue weighted by Crippen LogP contribution is 2.07. The molecule has 0 aliphatic rings. The first-order valence-corrected chi connectivity index (χ1v) is 4.92. The number of hydrogen-bond acceptors (Lipinski definition) is 2. The van der Waals surface area contributed by atoms with Gasteiger partial charge in [0.2, 0.25) is 5.91 Å². The van der Waals surface area contributed by atoms with Gasteiger partial charge in [0.15, 0.2) is 0 Å². The third-order valence-electron chi connectivity index (χ3n) is 2.26. The molecular weight excluding hydrogens is 190 g/mol. The number of carbonyl (C=O) groups excluding carboxylic acids is 2. The van der Waals surface area contributed by atoms with Crippen LogP contribution < -0.4 is 5.73 Å². The first-order valence-electron chi connectivity index (χ1n) is 4.92. The highest BCUT2D eigenvalue weighted by Gasteiger charge is 2.08. The quantitative estimate of drug-likeness (QED) is 0.810. The Morgan fingerprint density at radius 3 is 2.13 bits per heavy atom. The van der Waals surface area contributed by atoms with E-state index in [1.54, 1.807) is 24.3 Å². The van der Waals surface area contributed by atoms with Crippen LogP contribution in [0.15, 0.2) is 24.3 Å². The van der Waals surface area contributed by atoms with Gasteiger partial charge >= 0.3 is 0 Å². The molecule has 0 saturated heterocycles. The van der Waals surface area contributed by atoms with Crippen molar-refractivity contribution in [3.63, 3.8) is 0 Å². The molecule has 3 heteroatoms. The summed E-state index contributed by atoms with van der Waals surface area (Å²) >= 11 is 0. The minimum Gasteiger partial charge on any atom is -0.366 e. The van der Waals surface area contributed by atoms with E-state index in [1.165, 1.54) is 0 Å². The van der Waals surface area contributed by atoms with Crippen molar-refractivity contribution in [1.82, 2.24) is 0 Å². The van der Waals surface area contributed by atoms with Crippen molar-refractivity contribution < 1.29 is 9.59 Å². The zero-order valence-electron chi connectivity index (χ0n) is 8.99. The molecule has 0 atom stereocenters. The van der Waals surface area contributed by atoms with E-state index in [4.69, 9.17) is 5.73 Å². The fourth-order valence-corrected chi connectivity index (χ4v) is 1.19. The van der Waals surface area contributed by atoms with Crippen LogP contribution in [0.2, 0.25) is 0 Å². The molecule has 15 heavy (non-hydrogen) atoms. The summed E-state index contributed by atoms with van der Waals surface area (Å²) in [5, 5.41) is 0. The minimum atomic E-state index is -0.447. The normalized spacial score (nSPS) is 10.3. The zero-order valence-corrected chi connectivity index (χ0v) is 8.99. The van der Waals surface area contributed by atoms with Crippen LogP contribution in [-0.2, 0) is 11.2 Å². The number of nitrogens with two attached hydrogens (primary N) is 1. The second-order valence-corrected chi connectivity index (χ2v) is 3.86. The van der Waals surface area contributed by atoms with E-state index in [1.807, 2.05) is 13.8 Å². The van der Waals surface area contributed by atoms with E-state index in [-0.39, 0.29) is 11.7 Å². The van der Waals surface area contributed by atoms with Gasteiger partial charge in [-0.15, -0.1) is 0 Å². The summed E-state index contributed by atoms with van der Waals surface area (Å²) < 4.78 is 0. The van der Waals surface area contributed by atoms with Crippen molar-refractivity contribution in [2.24, 2.45) is 11.7 Å². The highest BCUT2D eigenvalue weighted by molar-refractivity contribution is 5.92. The summed E-state index contributed by atoms with van der Waals surface area (Å²) in [6, 6.07) is 6.82. The van der Waals surface area contributed by atoms with Crippen LogP contribution in [0.5, 0.6) is 0 Å². The second kappa shape index (κ2) is 4.73. The molecule has 1 rings (SSSR count). The summed E-state index contributed by atoms with van der Waals surface area (Å²) in [5.41, 5.74) is 6.49. The largest absolute Gasteiger partial charge is 0.366 e. The van der Waals surface area contributed by atoms with E-state index >= 15 is 0 Å². The van der Waals surface area contributed by atoms with E-state index in [9.17, 15) is 9.59 Å². The number of rotatable bonds is 4. The van der Waals surface area contributed by atoms with Gasteiger partial charge in [-0.3, -0.25) is 9.59 Å². The molecule has 80 valence electrons. The van der Waals surface area contributed by atoms with Crippen LogP contribution in [0, 0.1) is 5.92 Å². The molecule has 0 aromatic heterocycles. The SMILES string of the molecule is CC(C)C(=O)Cc1ccc(C(N)=O)cc1. The average Bonchev–Trinajstić information content (AvgIpc) is 2.18. The Balaban J connectivity index is 2.73. The molecule has 3 nitrogen and oxygen atoms in total. The number of ketones is 1. The summed E-state index contributed by atoms with van der Waals surface area (Å²) in [5.74, 6) is -0.209. The van der Waals surface area contributed by atoms with Crippen molar-refractivity contribution in [2.75, 3.05) is 0 Å². The molecule has 0 bridgehead atoms. The van der Waals surface area contributed by atoms with E-state index in [0.29, 0.717) is 12.0 Å². The topological polar surface area (TPSA) is 60.2 Å². The zero-order chi connectivity index (χ0) is 11.4. The van der Waals surface area contributed by atoms with Gasteiger partial charge in [-0.2, -0.15) is 0 Å². The van der Waals surface area contributed by atoms with Crippen LogP contribution >= 0.6 is 0 Å². The number of benzene rings is 1. The van der Waals surface area contributed by atoms with E-state index in [0.717, 1.165) is 5.56 Å². The lowest BCUT2D eigenvalue weighted by Crippen LogP contribution is -2.12. The molecular formula is C12H15NO2. The molecule has 0 aliphatic carbocycles. The Labute approximate surface area is 89.3 Å². The molecule has 0 fully saturated rings. The summed E-state index contributed by atoms with van der Waals surface area (Å²) in [4.78, 5) is 22.2. The molecule has 0 radical (unpaired) electrons. The van der Waals surface area contributed by atoms with Gasteiger partial charge in [0.05, 0.1) is 0 Å². The molecule has 0 saturated carbocycles. The Bertz CT molecular complexity index is 366. The van der Waals surface area contributed by atoms with E-state index < -0.39 is 5.91 Å². The van der Waals surface area contributed by atoms with Crippen LogP contribution in [0.3, 0.4) is 0 Å². The lowest BCUT2D eigenvalue weighted by molar-refractivity contribution is -0.121. The molecule has 1 aromatic rings.